The van der Waals surface area contributed by atoms with Crippen LogP contribution in [-0.2, 0) is 9.53 Å². The second-order valence-corrected chi connectivity index (χ2v) is 8.30. The molecule has 0 atom stereocenters. The van der Waals surface area contributed by atoms with Crippen molar-refractivity contribution in [3.8, 4) is 0 Å². The predicted molar refractivity (Wildman–Crippen MR) is 103 cm³/mol. The van der Waals surface area contributed by atoms with Gasteiger partial charge < -0.3 is 14.5 Å². The van der Waals surface area contributed by atoms with E-state index in [-0.39, 0.29) is 18.6 Å². The molecule has 2 saturated heterocycles. The van der Waals surface area contributed by atoms with Gasteiger partial charge in [0.05, 0.1) is 6.10 Å². The van der Waals surface area contributed by atoms with Gasteiger partial charge in [-0.25, -0.2) is 0 Å². The molecule has 2 rings (SSSR count). The molecule has 2 aliphatic heterocycles. The van der Waals surface area contributed by atoms with Crippen molar-refractivity contribution in [3.63, 3.8) is 0 Å². The van der Waals surface area contributed by atoms with Crippen molar-refractivity contribution in [1.82, 2.24) is 14.7 Å². The highest BCUT2D eigenvalue weighted by Gasteiger charge is 2.23. The van der Waals surface area contributed by atoms with Crippen molar-refractivity contribution in [2.75, 3.05) is 52.4 Å². The van der Waals surface area contributed by atoms with Gasteiger partial charge in [0.1, 0.15) is 6.61 Å². The zero-order valence-electron chi connectivity index (χ0n) is 16.9. The number of carbonyl (C=O) groups is 1. The van der Waals surface area contributed by atoms with Crippen LogP contribution in [0.1, 0.15) is 53.4 Å². The number of hydrogen-bond acceptors (Lipinski definition) is 4. The van der Waals surface area contributed by atoms with E-state index in [9.17, 15) is 4.79 Å². The van der Waals surface area contributed by atoms with Crippen LogP contribution >= 0.6 is 0 Å². The minimum atomic E-state index is 0.123. The highest BCUT2D eigenvalue weighted by molar-refractivity contribution is 5.77. The number of ether oxygens (including phenoxy) is 1. The van der Waals surface area contributed by atoms with Gasteiger partial charge in [-0.15, -0.1) is 0 Å². The number of hydrogen-bond donors (Lipinski definition) is 0. The lowest BCUT2D eigenvalue weighted by Gasteiger charge is -2.36. The SMILES string of the molecule is CC(C)OCC(=O)N1CCN(CCCC2CCN(C(C)C)CC2)CC1. The number of nitrogens with zero attached hydrogens (tertiary/aromatic N) is 3. The molecule has 0 unspecified atom stereocenters. The molecule has 0 aromatic rings. The van der Waals surface area contributed by atoms with E-state index in [1.165, 1.54) is 45.3 Å². The zero-order chi connectivity index (χ0) is 18.2. The van der Waals surface area contributed by atoms with E-state index in [0.717, 1.165) is 32.1 Å². The molecule has 2 aliphatic rings. The van der Waals surface area contributed by atoms with E-state index in [1.807, 2.05) is 18.7 Å². The summed E-state index contributed by atoms with van der Waals surface area (Å²) in [7, 11) is 0. The standard InChI is InChI=1S/C20H39N3O2/c1-17(2)22-10-7-19(8-11-22)6-5-9-21-12-14-23(15-13-21)20(24)16-25-18(3)4/h17-19H,5-16H2,1-4H3. The zero-order valence-corrected chi connectivity index (χ0v) is 16.9. The van der Waals surface area contributed by atoms with Crippen LogP contribution in [0, 0.1) is 5.92 Å². The Morgan fingerprint density at radius 2 is 1.64 bits per heavy atom. The summed E-state index contributed by atoms with van der Waals surface area (Å²) in [6, 6.07) is 0.700. The Balaban J connectivity index is 1.55. The first-order chi connectivity index (χ1) is 12.0. The van der Waals surface area contributed by atoms with Gasteiger partial charge in [0.15, 0.2) is 0 Å². The minimum absolute atomic E-state index is 0.123. The number of carbonyl (C=O) groups excluding carboxylic acids is 1. The van der Waals surface area contributed by atoms with Crippen molar-refractivity contribution in [3.05, 3.63) is 0 Å². The summed E-state index contributed by atoms with van der Waals surface area (Å²) in [5.74, 6) is 1.07. The number of piperazine rings is 1. The van der Waals surface area contributed by atoms with Gasteiger partial charge in [0.2, 0.25) is 5.91 Å². The topological polar surface area (TPSA) is 36.0 Å². The molecule has 1 amide bonds. The Bertz CT molecular complexity index is 384. The summed E-state index contributed by atoms with van der Waals surface area (Å²) < 4.78 is 5.43. The first-order valence-electron chi connectivity index (χ1n) is 10.3. The first kappa shape index (κ1) is 20.7. The van der Waals surface area contributed by atoms with Gasteiger partial charge in [-0.1, -0.05) is 0 Å². The molecule has 5 nitrogen and oxygen atoms in total. The molecule has 0 spiro atoms. The fraction of sp³-hybridized carbons (Fsp3) is 0.950. The molecular weight excluding hydrogens is 314 g/mol. The Labute approximate surface area is 154 Å². The highest BCUT2D eigenvalue weighted by Crippen LogP contribution is 2.23. The molecular formula is C20H39N3O2. The Kier molecular flexibility index (Phi) is 8.67. The third-order valence-electron chi connectivity index (χ3n) is 5.73. The molecule has 146 valence electrons. The van der Waals surface area contributed by atoms with E-state index in [4.69, 9.17) is 4.74 Å². The lowest BCUT2D eigenvalue weighted by atomic mass is 9.91. The van der Waals surface area contributed by atoms with E-state index in [1.54, 1.807) is 0 Å². The monoisotopic (exact) mass is 353 g/mol. The fourth-order valence-corrected chi connectivity index (χ4v) is 3.91. The first-order valence-corrected chi connectivity index (χ1v) is 10.3. The van der Waals surface area contributed by atoms with Gasteiger partial charge >= 0.3 is 0 Å². The molecule has 25 heavy (non-hydrogen) atoms. The van der Waals surface area contributed by atoms with Crippen molar-refractivity contribution in [2.24, 2.45) is 5.92 Å². The molecule has 2 fully saturated rings. The maximum atomic E-state index is 12.1. The van der Waals surface area contributed by atoms with Crippen molar-refractivity contribution >= 4 is 5.91 Å². The maximum Gasteiger partial charge on any atom is 0.248 e. The van der Waals surface area contributed by atoms with Gasteiger partial charge in [0, 0.05) is 32.2 Å². The molecule has 0 bridgehead atoms. The summed E-state index contributed by atoms with van der Waals surface area (Å²) >= 11 is 0. The average Bonchev–Trinajstić information content (AvgIpc) is 2.60. The fourth-order valence-electron chi connectivity index (χ4n) is 3.91. The average molecular weight is 354 g/mol. The summed E-state index contributed by atoms with van der Waals surface area (Å²) in [5.41, 5.74) is 0. The van der Waals surface area contributed by atoms with E-state index >= 15 is 0 Å². The molecule has 0 aromatic heterocycles. The third-order valence-corrected chi connectivity index (χ3v) is 5.73. The molecule has 0 radical (unpaired) electrons. The van der Waals surface area contributed by atoms with E-state index in [0.29, 0.717) is 6.04 Å². The van der Waals surface area contributed by atoms with Crippen molar-refractivity contribution in [2.45, 2.75) is 65.5 Å². The molecule has 2 heterocycles. The summed E-state index contributed by atoms with van der Waals surface area (Å²) in [6.07, 6.45) is 5.54. The van der Waals surface area contributed by atoms with Crippen LogP contribution in [0.4, 0.5) is 0 Å². The number of piperidine rings is 1. The van der Waals surface area contributed by atoms with Crippen LogP contribution in [0.25, 0.3) is 0 Å². The molecule has 0 aliphatic carbocycles. The second kappa shape index (κ2) is 10.5. The van der Waals surface area contributed by atoms with Crippen LogP contribution in [0.2, 0.25) is 0 Å². The van der Waals surface area contributed by atoms with Crippen LogP contribution in [0.15, 0.2) is 0 Å². The van der Waals surface area contributed by atoms with Crippen LogP contribution in [-0.4, -0.2) is 85.2 Å². The molecule has 0 aromatic carbocycles. The normalized spacial score (nSPS) is 21.4. The summed E-state index contributed by atoms with van der Waals surface area (Å²) in [5, 5.41) is 0. The largest absolute Gasteiger partial charge is 0.369 e. The van der Waals surface area contributed by atoms with Gasteiger partial charge in [-0.2, -0.15) is 0 Å². The highest BCUT2D eigenvalue weighted by atomic mass is 16.5. The van der Waals surface area contributed by atoms with E-state index in [2.05, 4.69) is 23.6 Å². The number of rotatable bonds is 8. The van der Waals surface area contributed by atoms with Crippen molar-refractivity contribution < 1.29 is 9.53 Å². The second-order valence-electron chi connectivity index (χ2n) is 8.30. The van der Waals surface area contributed by atoms with Gasteiger partial charge in [0.25, 0.3) is 0 Å². The maximum absolute atomic E-state index is 12.1. The van der Waals surface area contributed by atoms with Crippen LogP contribution in [0.5, 0.6) is 0 Å². The molecule has 5 heteroatoms. The van der Waals surface area contributed by atoms with Gasteiger partial charge in [-0.05, 0) is 78.9 Å². The smallest absolute Gasteiger partial charge is 0.248 e. The summed E-state index contributed by atoms with van der Waals surface area (Å²) in [4.78, 5) is 19.2. The Morgan fingerprint density at radius 3 is 2.20 bits per heavy atom. The lowest BCUT2D eigenvalue weighted by Crippen LogP contribution is -2.50. The van der Waals surface area contributed by atoms with E-state index < -0.39 is 0 Å². The Hall–Kier alpha value is -0.650. The molecule has 0 N–H and O–H groups in total. The Morgan fingerprint density at radius 1 is 1.00 bits per heavy atom. The third kappa shape index (κ3) is 7.24. The molecule has 0 saturated carbocycles. The number of amides is 1. The van der Waals surface area contributed by atoms with Gasteiger partial charge in [-0.3, -0.25) is 9.69 Å². The quantitative estimate of drug-likeness (QED) is 0.672. The minimum Gasteiger partial charge on any atom is -0.369 e. The predicted octanol–water partition coefficient (Wildman–Crippen LogP) is 2.46. The van der Waals surface area contributed by atoms with Crippen molar-refractivity contribution in [1.29, 1.82) is 0 Å². The lowest BCUT2D eigenvalue weighted by molar-refractivity contribution is -0.139. The van der Waals surface area contributed by atoms with Crippen LogP contribution in [0.3, 0.4) is 0 Å². The number of likely N-dealkylation sites (tertiary alicyclic amines) is 1. The summed E-state index contributed by atoms with van der Waals surface area (Å²) in [6.45, 7) is 16.3. The van der Waals surface area contributed by atoms with Crippen LogP contribution < -0.4 is 0 Å².